The van der Waals surface area contributed by atoms with Gasteiger partial charge in [0.25, 0.3) is 0 Å². The van der Waals surface area contributed by atoms with Crippen molar-refractivity contribution in [1.82, 2.24) is 15.0 Å². The Balaban J connectivity index is 1.84. The van der Waals surface area contributed by atoms with Gasteiger partial charge in [-0.1, -0.05) is 11.6 Å². The van der Waals surface area contributed by atoms with Crippen LogP contribution in [-0.4, -0.2) is 28.0 Å². The Hall–Kier alpha value is -1.62. The molecule has 5 nitrogen and oxygen atoms in total. The molecule has 1 aliphatic carbocycles. The second kappa shape index (κ2) is 6.02. The van der Waals surface area contributed by atoms with Crippen LogP contribution in [0.3, 0.4) is 0 Å². The molecule has 2 aromatic rings. The zero-order valence-corrected chi connectivity index (χ0v) is 12.8. The smallest absolute Gasteiger partial charge is 0.305 e. The predicted octanol–water partition coefficient (Wildman–Crippen LogP) is 2.99. The Kier molecular flexibility index (Phi) is 4.10. The lowest BCUT2D eigenvalue weighted by molar-refractivity contribution is -0.140. The van der Waals surface area contributed by atoms with Crippen LogP contribution in [0.4, 0.5) is 0 Å². The van der Waals surface area contributed by atoms with Gasteiger partial charge in [-0.05, 0) is 37.7 Å². The maximum absolute atomic E-state index is 11.1. The number of hydrogen-bond donors (Lipinski definition) is 1. The van der Waals surface area contributed by atoms with Gasteiger partial charge in [-0.3, -0.25) is 4.79 Å². The van der Waals surface area contributed by atoms with Crippen molar-refractivity contribution in [3.05, 3.63) is 22.2 Å². The maximum atomic E-state index is 11.1. The Morgan fingerprint density at radius 1 is 1.33 bits per heavy atom. The summed E-state index contributed by atoms with van der Waals surface area (Å²) in [5, 5.41) is 1.50. The molecule has 0 aliphatic heterocycles. The predicted molar refractivity (Wildman–Crippen MR) is 80.5 cm³/mol. The number of fused-ring (bicyclic) bond motifs is 3. The number of rotatable bonds is 4. The highest BCUT2D eigenvalue weighted by atomic mass is 35.5. The second-order valence-corrected chi connectivity index (χ2v) is 5.73. The number of aromatic nitrogens is 3. The molecule has 0 aromatic carbocycles. The summed E-state index contributed by atoms with van der Waals surface area (Å²) in [5.74, 6) is 0.465. The first-order valence-corrected chi connectivity index (χ1v) is 7.69. The average molecular weight is 308 g/mol. The third-order valence-electron chi connectivity index (χ3n) is 3.96. The van der Waals surface area contributed by atoms with Crippen LogP contribution in [0.15, 0.2) is 0 Å². The quantitative estimate of drug-likeness (QED) is 0.696. The van der Waals surface area contributed by atoms with Crippen molar-refractivity contribution in [2.24, 2.45) is 0 Å². The minimum absolute atomic E-state index is 0.211. The molecule has 1 aliphatic rings. The summed E-state index contributed by atoms with van der Waals surface area (Å²) < 4.78 is 4.63. The van der Waals surface area contributed by atoms with Crippen molar-refractivity contribution in [3.63, 3.8) is 0 Å². The number of esters is 1. The first kappa shape index (κ1) is 14.3. The standard InChI is InChI=1S/C15H18ClN3O2/c1-21-12(20)8-4-7-11-18-14(16)13-9-5-2-3-6-10(9)17-15(13)19-11/h2-8H2,1H3,(H,17,18,19). The molecule has 2 aromatic heterocycles. The molecule has 0 unspecified atom stereocenters. The highest BCUT2D eigenvalue weighted by Crippen LogP contribution is 2.32. The summed E-state index contributed by atoms with van der Waals surface area (Å²) in [6, 6.07) is 0. The van der Waals surface area contributed by atoms with Gasteiger partial charge < -0.3 is 9.72 Å². The van der Waals surface area contributed by atoms with E-state index in [0.29, 0.717) is 30.2 Å². The van der Waals surface area contributed by atoms with Crippen LogP contribution in [0.5, 0.6) is 0 Å². The van der Waals surface area contributed by atoms with E-state index >= 15 is 0 Å². The normalized spacial score (nSPS) is 14.2. The zero-order chi connectivity index (χ0) is 14.8. The zero-order valence-electron chi connectivity index (χ0n) is 12.0. The number of methoxy groups -OCH3 is 1. The number of halogens is 1. The van der Waals surface area contributed by atoms with Gasteiger partial charge in [-0.15, -0.1) is 0 Å². The largest absolute Gasteiger partial charge is 0.469 e. The van der Waals surface area contributed by atoms with Crippen molar-refractivity contribution >= 4 is 28.6 Å². The van der Waals surface area contributed by atoms with Crippen molar-refractivity contribution in [1.29, 1.82) is 0 Å². The number of ether oxygens (including phenoxy) is 1. The van der Waals surface area contributed by atoms with Crippen LogP contribution in [0, 0.1) is 0 Å². The van der Waals surface area contributed by atoms with Gasteiger partial charge in [0.2, 0.25) is 0 Å². The maximum Gasteiger partial charge on any atom is 0.305 e. The molecule has 3 rings (SSSR count). The number of hydrogen-bond acceptors (Lipinski definition) is 4. The average Bonchev–Trinajstić information content (AvgIpc) is 2.85. The number of aryl methyl sites for hydroxylation is 3. The molecular formula is C15H18ClN3O2. The first-order chi connectivity index (χ1) is 10.2. The van der Waals surface area contributed by atoms with E-state index in [1.54, 1.807) is 0 Å². The lowest BCUT2D eigenvalue weighted by Crippen LogP contribution is -2.03. The molecule has 0 bridgehead atoms. The van der Waals surface area contributed by atoms with Crippen molar-refractivity contribution in [3.8, 4) is 0 Å². The number of carbonyl (C=O) groups is 1. The fourth-order valence-corrected chi connectivity index (χ4v) is 3.20. The van der Waals surface area contributed by atoms with E-state index < -0.39 is 0 Å². The van der Waals surface area contributed by atoms with Gasteiger partial charge >= 0.3 is 5.97 Å². The van der Waals surface area contributed by atoms with Crippen LogP contribution in [0.25, 0.3) is 11.0 Å². The van der Waals surface area contributed by atoms with Crippen molar-refractivity contribution < 1.29 is 9.53 Å². The topological polar surface area (TPSA) is 67.9 Å². The summed E-state index contributed by atoms with van der Waals surface area (Å²) >= 11 is 6.35. The van der Waals surface area contributed by atoms with Crippen LogP contribution < -0.4 is 0 Å². The summed E-state index contributed by atoms with van der Waals surface area (Å²) in [6.07, 6.45) is 6.15. The third kappa shape index (κ3) is 2.88. The van der Waals surface area contributed by atoms with Crippen LogP contribution in [0.1, 0.15) is 42.8 Å². The fourth-order valence-electron chi connectivity index (χ4n) is 2.90. The Morgan fingerprint density at radius 3 is 2.95 bits per heavy atom. The van der Waals surface area contributed by atoms with E-state index in [0.717, 1.165) is 23.9 Å². The second-order valence-electron chi connectivity index (χ2n) is 5.37. The van der Waals surface area contributed by atoms with Crippen molar-refractivity contribution in [2.45, 2.75) is 44.9 Å². The molecule has 0 saturated carbocycles. The molecule has 2 heterocycles. The number of carbonyl (C=O) groups excluding carboxylic acids is 1. The van der Waals surface area contributed by atoms with Crippen LogP contribution in [-0.2, 0) is 28.8 Å². The van der Waals surface area contributed by atoms with Gasteiger partial charge in [0.05, 0.1) is 12.5 Å². The van der Waals surface area contributed by atoms with Crippen molar-refractivity contribution in [2.75, 3.05) is 7.11 Å². The number of nitrogens with zero attached hydrogens (tertiary/aromatic N) is 2. The number of aromatic amines is 1. The molecule has 0 fully saturated rings. The van der Waals surface area contributed by atoms with Crippen LogP contribution in [0.2, 0.25) is 5.15 Å². The Bertz CT molecular complexity index is 681. The van der Waals surface area contributed by atoms with Crippen LogP contribution >= 0.6 is 11.6 Å². The van der Waals surface area contributed by atoms with E-state index in [2.05, 4.69) is 19.7 Å². The van der Waals surface area contributed by atoms with E-state index in [9.17, 15) is 4.79 Å². The number of nitrogens with one attached hydrogen (secondary N) is 1. The summed E-state index contributed by atoms with van der Waals surface area (Å²) in [7, 11) is 1.39. The van der Waals surface area contributed by atoms with E-state index in [4.69, 9.17) is 11.6 Å². The van der Waals surface area contributed by atoms with Gasteiger partial charge in [-0.2, -0.15) is 0 Å². The molecule has 0 radical (unpaired) electrons. The number of H-pyrrole nitrogens is 1. The summed E-state index contributed by atoms with van der Waals surface area (Å²) in [5.41, 5.74) is 3.36. The molecule has 0 amide bonds. The molecule has 0 saturated heterocycles. The van der Waals surface area contributed by atoms with E-state index in [1.807, 2.05) is 0 Å². The lowest BCUT2D eigenvalue weighted by Gasteiger charge is -2.10. The molecular weight excluding hydrogens is 290 g/mol. The first-order valence-electron chi connectivity index (χ1n) is 7.31. The minimum atomic E-state index is -0.211. The fraction of sp³-hybridized carbons (Fsp3) is 0.533. The highest BCUT2D eigenvalue weighted by Gasteiger charge is 2.19. The van der Waals surface area contributed by atoms with Gasteiger partial charge in [0, 0.05) is 18.5 Å². The van der Waals surface area contributed by atoms with E-state index in [-0.39, 0.29) is 5.97 Å². The monoisotopic (exact) mass is 307 g/mol. The molecule has 6 heteroatoms. The SMILES string of the molecule is COC(=O)CCCc1nc(Cl)c2c3c([nH]c2n1)CCCC3. The molecule has 0 spiro atoms. The third-order valence-corrected chi connectivity index (χ3v) is 4.23. The Morgan fingerprint density at radius 2 is 2.14 bits per heavy atom. The molecule has 112 valence electrons. The lowest BCUT2D eigenvalue weighted by atomic mass is 9.96. The minimum Gasteiger partial charge on any atom is -0.469 e. The summed E-state index contributed by atoms with van der Waals surface area (Å²) in [4.78, 5) is 23.4. The molecule has 21 heavy (non-hydrogen) atoms. The van der Waals surface area contributed by atoms with Gasteiger partial charge in [0.15, 0.2) is 0 Å². The van der Waals surface area contributed by atoms with Gasteiger partial charge in [-0.25, -0.2) is 9.97 Å². The summed E-state index contributed by atoms with van der Waals surface area (Å²) in [6.45, 7) is 0. The van der Waals surface area contributed by atoms with Gasteiger partial charge in [0.1, 0.15) is 16.6 Å². The molecule has 0 atom stereocenters. The molecule has 1 N–H and O–H groups in total. The highest BCUT2D eigenvalue weighted by molar-refractivity contribution is 6.34. The Labute approximate surface area is 128 Å². The van der Waals surface area contributed by atoms with E-state index in [1.165, 1.54) is 31.2 Å².